The van der Waals surface area contributed by atoms with E-state index >= 15 is 0 Å². The Morgan fingerprint density at radius 2 is 1.96 bits per heavy atom. The van der Waals surface area contributed by atoms with Gasteiger partial charge in [0.05, 0.1) is 7.11 Å². The number of quaternary nitrogens is 1. The fourth-order valence-electron chi connectivity index (χ4n) is 2.86. The molecule has 126 valence electrons. The highest BCUT2D eigenvalue weighted by atomic mass is 16.5. The minimum absolute atomic E-state index is 0.155. The van der Waals surface area contributed by atoms with Crippen LogP contribution in [0.4, 0.5) is 0 Å². The van der Waals surface area contributed by atoms with E-state index in [1.165, 1.54) is 19.2 Å². The zero-order valence-corrected chi connectivity index (χ0v) is 13.2. The van der Waals surface area contributed by atoms with Gasteiger partial charge in [-0.3, -0.25) is 4.79 Å². The zero-order chi connectivity index (χ0) is 17.0. The molecule has 6 N–H and O–H groups in total. The molecule has 0 bridgehead atoms. The van der Waals surface area contributed by atoms with Gasteiger partial charge < -0.3 is 26.0 Å². The molecule has 1 amide bonds. The summed E-state index contributed by atoms with van der Waals surface area (Å²) in [5, 5.41) is 21.6. The van der Waals surface area contributed by atoms with Crippen LogP contribution in [0.3, 0.4) is 0 Å². The Morgan fingerprint density at radius 3 is 2.52 bits per heavy atom. The highest BCUT2D eigenvalue weighted by Crippen LogP contribution is 2.27. The number of hydrogen-bond acceptors (Lipinski definition) is 5. The molecule has 0 aromatic heterocycles. The molecule has 1 saturated carbocycles. The monoisotopic (exact) mass is 323 g/mol. The highest BCUT2D eigenvalue weighted by molar-refractivity contribution is 5.89. The normalized spacial score (nSPS) is 17.5. The first-order chi connectivity index (χ1) is 10.9. The number of esters is 1. The summed E-state index contributed by atoms with van der Waals surface area (Å²) < 4.78 is 4.75. The van der Waals surface area contributed by atoms with Crippen LogP contribution in [0.25, 0.3) is 0 Å². The first-order valence-corrected chi connectivity index (χ1v) is 7.61. The number of amides is 1. The minimum Gasteiger partial charge on any atom is -0.504 e. The molecule has 0 radical (unpaired) electrons. The number of benzene rings is 1. The molecule has 2 rings (SSSR count). The number of carbonyl (C=O) groups excluding carboxylic acids is 2. The van der Waals surface area contributed by atoms with E-state index in [4.69, 9.17) is 4.74 Å². The summed E-state index contributed by atoms with van der Waals surface area (Å²) in [5.41, 5.74) is 3.91. The number of phenolic OH excluding ortho intramolecular Hbond substituents is 2. The number of hydrogen-bond donors (Lipinski definition) is 4. The van der Waals surface area contributed by atoms with Crippen LogP contribution < -0.4 is 11.1 Å². The quantitative estimate of drug-likeness (QED) is 0.443. The van der Waals surface area contributed by atoms with Gasteiger partial charge in [-0.25, -0.2) is 4.79 Å². The Bertz CT molecular complexity index is 596. The Labute approximate surface area is 134 Å². The Hall–Kier alpha value is -2.28. The molecule has 23 heavy (non-hydrogen) atoms. The van der Waals surface area contributed by atoms with Gasteiger partial charge >= 0.3 is 5.97 Å². The summed E-state index contributed by atoms with van der Waals surface area (Å²) in [4.78, 5) is 24.4. The van der Waals surface area contributed by atoms with E-state index in [0.717, 1.165) is 12.8 Å². The van der Waals surface area contributed by atoms with Crippen molar-refractivity contribution in [1.82, 2.24) is 5.32 Å². The minimum atomic E-state index is -0.865. The van der Waals surface area contributed by atoms with Gasteiger partial charge in [0.2, 0.25) is 0 Å². The molecule has 1 aliphatic rings. The molecular formula is C16H23N2O5+. The smallest absolute Gasteiger partial charge is 0.328 e. The second-order valence-electron chi connectivity index (χ2n) is 6.06. The first-order valence-electron chi connectivity index (χ1n) is 7.61. The second kappa shape index (κ2) is 6.87. The Kier molecular flexibility index (Phi) is 5.10. The van der Waals surface area contributed by atoms with Crippen LogP contribution >= 0.6 is 0 Å². The fraction of sp³-hybridized carbons (Fsp3) is 0.500. The van der Waals surface area contributed by atoms with Crippen molar-refractivity contribution in [2.24, 2.45) is 0 Å². The molecule has 0 aliphatic heterocycles. The average molecular weight is 323 g/mol. The highest BCUT2D eigenvalue weighted by Gasteiger charge is 2.42. The van der Waals surface area contributed by atoms with Crippen LogP contribution in [0.5, 0.6) is 11.5 Å². The number of nitrogens with one attached hydrogen (secondary N) is 1. The van der Waals surface area contributed by atoms with E-state index in [2.05, 4.69) is 11.1 Å². The van der Waals surface area contributed by atoms with E-state index in [1.54, 1.807) is 6.07 Å². The van der Waals surface area contributed by atoms with Crippen LogP contribution in [0.1, 0.15) is 31.2 Å². The van der Waals surface area contributed by atoms with E-state index < -0.39 is 17.6 Å². The molecule has 1 aromatic carbocycles. The lowest BCUT2D eigenvalue weighted by Gasteiger charge is -2.23. The van der Waals surface area contributed by atoms with Gasteiger partial charge in [0, 0.05) is 19.3 Å². The number of carbonyl (C=O) groups is 2. The van der Waals surface area contributed by atoms with E-state index in [1.807, 2.05) is 0 Å². The van der Waals surface area contributed by atoms with Gasteiger partial charge in [-0.15, -0.1) is 0 Å². The van der Waals surface area contributed by atoms with Crippen LogP contribution in [0.15, 0.2) is 18.2 Å². The van der Waals surface area contributed by atoms with Gasteiger partial charge in [-0.1, -0.05) is 6.07 Å². The maximum Gasteiger partial charge on any atom is 0.328 e. The number of rotatable bonds is 5. The molecule has 0 saturated heterocycles. The Balaban J connectivity index is 2.12. The molecule has 1 fully saturated rings. The first kappa shape index (κ1) is 17.1. The predicted molar refractivity (Wildman–Crippen MR) is 81.5 cm³/mol. The van der Waals surface area contributed by atoms with Gasteiger partial charge in [-0.05, 0) is 30.5 Å². The molecule has 0 spiro atoms. The lowest BCUT2D eigenvalue weighted by atomic mass is 9.96. The maximum absolute atomic E-state index is 12.4. The lowest BCUT2D eigenvalue weighted by molar-refractivity contribution is -0.456. The van der Waals surface area contributed by atoms with Crippen LogP contribution in [-0.4, -0.2) is 40.8 Å². The molecule has 1 atom stereocenters. The summed E-state index contributed by atoms with van der Waals surface area (Å²) in [6, 6.07) is 3.40. The lowest BCUT2D eigenvalue weighted by Crippen LogP contribution is -2.78. The molecular weight excluding hydrogens is 300 g/mol. The van der Waals surface area contributed by atoms with Crippen molar-refractivity contribution in [2.45, 2.75) is 43.7 Å². The molecule has 7 nitrogen and oxygen atoms in total. The van der Waals surface area contributed by atoms with E-state index in [9.17, 15) is 19.8 Å². The largest absolute Gasteiger partial charge is 0.504 e. The van der Waals surface area contributed by atoms with Crippen LogP contribution in [-0.2, 0) is 20.7 Å². The fourth-order valence-corrected chi connectivity index (χ4v) is 2.86. The molecule has 1 aliphatic carbocycles. The maximum atomic E-state index is 12.4. The third-order valence-corrected chi connectivity index (χ3v) is 4.31. The zero-order valence-electron chi connectivity index (χ0n) is 13.2. The number of methoxy groups -OCH3 is 1. The topological polar surface area (TPSA) is 124 Å². The molecule has 7 heteroatoms. The predicted octanol–water partition coefficient (Wildman–Crippen LogP) is -0.147. The summed E-state index contributed by atoms with van der Waals surface area (Å²) in [5.74, 6) is -1.34. The molecule has 0 heterocycles. The molecule has 1 aromatic rings. The van der Waals surface area contributed by atoms with Gasteiger partial charge in [0.1, 0.15) is 6.04 Å². The van der Waals surface area contributed by atoms with Crippen molar-refractivity contribution in [2.75, 3.05) is 7.11 Å². The summed E-state index contributed by atoms with van der Waals surface area (Å²) in [6.45, 7) is 0. The van der Waals surface area contributed by atoms with Crippen molar-refractivity contribution >= 4 is 11.9 Å². The van der Waals surface area contributed by atoms with Crippen molar-refractivity contribution < 1.29 is 30.3 Å². The third-order valence-electron chi connectivity index (χ3n) is 4.31. The van der Waals surface area contributed by atoms with Crippen molar-refractivity contribution in [3.8, 4) is 11.5 Å². The standard InChI is InChI=1S/C16H22N2O5/c1-23-14(21)11(8-10-4-5-12(19)13(20)9-10)18-15(22)16(17)6-2-3-7-16/h4-5,9,11,19-20H,2-3,6-8,17H2,1H3,(H,18,22)/p+1/t11-/m0/s1. The van der Waals surface area contributed by atoms with Gasteiger partial charge in [-0.2, -0.15) is 0 Å². The average Bonchev–Trinajstić information content (AvgIpc) is 2.97. The van der Waals surface area contributed by atoms with Gasteiger partial charge in [0.15, 0.2) is 17.0 Å². The second-order valence-corrected chi connectivity index (χ2v) is 6.06. The van der Waals surface area contributed by atoms with Gasteiger partial charge in [0.25, 0.3) is 5.91 Å². The SMILES string of the molecule is COC(=O)[C@H](Cc1ccc(O)c(O)c1)NC(=O)C1([NH3+])CCCC1. The molecule has 0 unspecified atom stereocenters. The summed E-state index contributed by atoms with van der Waals surface area (Å²) in [7, 11) is 1.26. The van der Waals surface area contributed by atoms with E-state index in [-0.39, 0.29) is 23.8 Å². The number of phenols is 2. The summed E-state index contributed by atoms with van der Waals surface area (Å²) >= 11 is 0. The van der Waals surface area contributed by atoms with Crippen molar-refractivity contribution in [1.29, 1.82) is 0 Å². The van der Waals surface area contributed by atoms with E-state index in [0.29, 0.717) is 18.4 Å². The number of ether oxygens (including phenoxy) is 1. The third kappa shape index (κ3) is 3.92. The van der Waals surface area contributed by atoms with Crippen LogP contribution in [0.2, 0.25) is 0 Å². The van der Waals surface area contributed by atoms with Crippen molar-refractivity contribution in [3.63, 3.8) is 0 Å². The number of aromatic hydroxyl groups is 2. The Morgan fingerprint density at radius 1 is 1.30 bits per heavy atom. The summed E-state index contributed by atoms with van der Waals surface area (Å²) in [6.07, 6.45) is 3.46. The van der Waals surface area contributed by atoms with Crippen LogP contribution in [0, 0.1) is 0 Å². The van der Waals surface area contributed by atoms with Crippen molar-refractivity contribution in [3.05, 3.63) is 23.8 Å².